The molecule has 0 radical (unpaired) electrons. The van der Waals surface area contributed by atoms with Gasteiger partial charge in [0.1, 0.15) is 5.82 Å². The molecule has 1 aromatic carbocycles. The predicted octanol–water partition coefficient (Wildman–Crippen LogP) is 3.18. The number of nitrogen functional groups attached to an aromatic ring is 1. The van der Waals surface area contributed by atoms with E-state index in [0.29, 0.717) is 40.6 Å². The molecule has 39 heavy (non-hydrogen) atoms. The average Bonchev–Trinajstić information content (AvgIpc) is 3.54. The minimum Gasteiger partial charge on any atom is -0.454 e. The molecule has 3 aliphatic rings. The zero-order valence-electron chi connectivity index (χ0n) is 21.1. The highest BCUT2D eigenvalue weighted by atomic mass is 32.2. The van der Waals surface area contributed by atoms with Crippen LogP contribution >= 0.6 is 11.8 Å². The van der Waals surface area contributed by atoms with Crippen LogP contribution < -0.4 is 30.7 Å². The summed E-state index contributed by atoms with van der Waals surface area (Å²) >= 11 is 0.881. The van der Waals surface area contributed by atoms with Gasteiger partial charge in [0.25, 0.3) is 11.1 Å². The molecule has 11 nitrogen and oxygen atoms in total. The van der Waals surface area contributed by atoms with Gasteiger partial charge in [0.05, 0.1) is 16.3 Å². The highest BCUT2D eigenvalue weighted by Crippen LogP contribution is 2.36. The van der Waals surface area contributed by atoms with E-state index in [9.17, 15) is 9.59 Å². The number of nitrogens with two attached hydrogens (primary N) is 1. The largest absolute Gasteiger partial charge is 0.454 e. The van der Waals surface area contributed by atoms with Crippen molar-refractivity contribution in [1.29, 1.82) is 0 Å². The number of thioether (sulfide) groups is 1. The number of hydrogen-bond donors (Lipinski definition) is 3. The van der Waals surface area contributed by atoms with Gasteiger partial charge in [0.15, 0.2) is 11.5 Å². The molecule has 3 aromatic rings. The number of amides is 2. The zero-order valence-corrected chi connectivity index (χ0v) is 21.9. The lowest BCUT2D eigenvalue weighted by molar-refractivity contribution is -0.115. The number of anilines is 2. The zero-order chi connectivity index (χ0) is 26.8. The van der Waals surface area contributed by atoms with E-state index in [1.54, 1.807) is 18.3 Å². The molecule has 0 saturated carbocycles. The van der Waals surface area contributed by atoms with Gasteiger partial charge < -0.3 is 25.4 Å². The molecule has 2 saturated heterocycles. The van der Waals surface area contributed by atoms with Gasteiger partial charge in [0, 0.05) is 31.4 Å². The van der Waals surface area contributed by atoms with Gasteiger partial charge in [-0.15, -0.1) is 0 Å². The van der Waals surface area contributed by atoms with Gasteiger partial charge in [-0.1, -0.05) is 6.07 Å². The lowest BCUT2D eigenvalue weighted by Crippen LogP contribution is -2.38. The Balaban J connectivity index is 1.04. The fraction of sp³-hybridized carbons (Fsp3) is 0.296. The summed E-state index contributed by atoms with van der Waals surface area (Å²) in [5.74, 6) is 2.68. The van der Waals surface area contributed by atoms with E-state index in [2.05, 4.69) is 30.5 Å². The van der Waals surface area contributed by atoms with E-state index in [1.165, 1.54) is 0 Å². The SMILES string of the molecule is Nc1ccc(CNCC2CCN(c3nccc(/C=C4\SC(=O)NC4=O)n3)CC2)c(-c2ccc3c(c2)OCO3)n1. The lowest BCUT2D eigenvalue weighted by Gasteiger charge is -2.32. The number of rotatable bonds is 7. The number of carbonyl (C=O) groups is 2. The van der Waals surface area contributed by atoms with Crippen LogP contribution in [-0.2, 0) is 11.3 Å². The van der Waals surface area contributed by atoms with Crippen LogP contribution in [0.15, 0.2) is 47.5 Å². The lowest BCUT2D eigenvalue weighted by atomic mass is 9.96. The van der Waals surface area contributed by atoms with E-state index < -0.39 is 5.91 Å². The van der Waals surface area contributed by atoms with Crippen molar-refractivity contribution in [3.05, 3.63) is 58.8 Å². The van der Waals surface area contributed by atoms with Crippen molar-refractivity contribution < 1.29 is 19.1 Å². The number of piperidine rings is 1. The highest BCUT2D eigenvalue weighted by Gasteiger charge is 2.26. The van der Waals surface area contributed by atoms with Gasteiger partial charge in [-0.05, 0) is 79.0 Å². The van der Waals surface area contributed by atoms with Gasteiger partial charge in [0.2, 0.25) is 12.7 Å². The molecule has 4 N–H and O–H groups in total. The summed E-state index contributed by atoms with van der Waals surface area (Å²) in [7, 11) is 0. The van der Waals surface area contributed by atoms with Crippen LogP contribution in [0.1, 0.15) is 24.1 Å². The fourth-order valence-electron chi connectivity index (χ4n) is 4.84. The van der Waals surface area contributed by atoms with E-state index in [4.69, 9.17) is 15.2 Å². The predicted molar refractivity (Wildman–Crippen MR) is 148 cm³/mol. The van der Waals surface area contributed by atoms with E-state index in [1.807, 2.05) is 30.3 Å². The van der Waals surface area contributed by atoms with Crippen LogP contribution in [0.3, 0.4) is 0 Å². The van der Waals surface area contributed by atoms with E-state index in [0.717, 1.165) is 66.8 Å². The Hall–Kier alpha value is -4.16. The van der Waals surface area contributed by atoms with E-state index in [-0.39, 0.29) is 12.0 Å². The molecule has 2 fully saturated rings. The number of carbonyl (C=O) groups excluding carboxylic acids is 2. The topological polar surface area (TPSA) is 145 Å². The summed E-state index contributed by atoms with van der Waals surface area (Å²) < 4.78 is 11.0. The number of nitrogens with one attached hydrogen (secondary N) is 2. The summed E-state index contributed by atoms with van der Waals surface area (Å²) in [5.41, 5.74) is 9.45. The molecular weight excluding hydrogens is 518 g/mol. The molecule has 2 amide bonds. The van der Waals surface area contributed by atoms with Gasteiger partial charge in [-0.3, -0.25) is 14.9 Å². The van der Waals surface area contributed by atoms with Crippen molar-refractivity contribution in [3.63, 3.8) is 0 Å². The smallest absolute Gasteiger partial charge is 0.290 e. The van der Waals surface area contributed by atoms with Gasteiger partial charge in [-0.25, -0.2) is 15.0 Å². The van der Waals surface area contributed by atoms with Crippen LogP contribution in [0, 0.1) is 5.92 Å². The molecule has 0 bridgehead atoms. The third-order valence-electron chi connectivity index (χ3n) is 6.88. The summed E-state index contributed by atoms with van der Waals surface area (Å²) in [4.78, 5) is 39.4. The summed E-state index contributed by atoms with van der Waals surface area (Å²) in [6.07, 6.45) is 5.31. The Morgan fingerprint density at radius 3 is 2.77 bits per heavy atom. The monoisotopic (exact) mass is 545 g/mol. The maximum atomic E-state index is 11.8. The average molecular weight is 546 g/mol. The molecule has 0 unspecified atom stereocenters. The maximum Gasteiger partial charge on any atom is 0.290 e. The molecule has 0 atom stereocenters. The molecule has 0 spiro atoms. The highest BCUT2D eigenvalue weighted by molar-refractivity contribution is 8.18. The van der Waals surface area contributed by atoms with Crippen molar-refractivity contribution >= 4 is 40.8 Å². The van der Waals surface area contributed by atoms with Crippen LogP contribution in [0.2, 0.25) is 0 Å². The molecule has 5 heterocycles. The second-order valence-electron chi connectivity index (χ2n) is 9.51. The van der Waals surface area contributed by atoms with Gasteiger partial charge in [-0.2, -0.15) is 0 Å². The molecular formula is C27H27N7O4S. The molecule has 12 heteroatoms. The Bertz CT molecular complexity index is 1460. The van der Waals surface area contributed by atoms with Crippen LogP contribution in [0.25, 0.3) is 17.3 Å². The second-order valence-corrected chi connectivity index (χ2v) is 10.5. The van der Waals surface area contributed by atoms with E-state index >= 15 is 0 Å². The second kappa shape index (κ2) is 10.9. The number of hydrogen-bond acceptors (Lipinski definition) is 11. The number of nitrogens with zero attached hydrogens (tertiary/aromatic N) is 4. The summed E-state index contributed by atoms with van der Waals surface area (Å²) in [5, 5.41) is 5.49. The number of pyridine rings is 1. The van der Waals surface area contributed by atoms with Gasteiger partial charge >= 0.3 is 0 Å². The van der Waals surface area contributed by atoms with Crippen molar-refractivity contribution in [3.8, 4) is 22.8 Å². The van der Waals surface area contributed by atoms with Crippen LogP contribution in [0.4, 0.5) is 16.6 Å². The molecule has 200 valence electrons. The number of imide groups is 1. The molecule has 3 aliphatic heterocycles. The first kappa shape index (κ1) is 25.1. The van der Waals surface area contributed by atoms with Crippen molar-refractivity contribution in [2.45, 2.75) is 19.4 Å². The van der Waals surface area contributed by atoms with Crippen LogP contribution in [0.5, 0.6) is 11.5 Å². The number of aromatic nitrogens is 3. The Labute approximate surface area is 229 Å². The Kier molecular flexibility index (Phi) is 7.03. The molecule has 6 rings (SSSR count). The standard InChI is InChI=1S/C27H27N7O4S/c28-23-4-2-18(24(32-23)17-1-3-20-21(11-17)38-15-37-20)14-29-13-16-6-9-34(10-7-16)26-30-8-5-19(31-26)12-22-25(35)33-27(36)39-22/h1-5,8,11-12,16,29H,6-7,9-10,13-15H2,(H2,28,32)(H,33,35,36)/b22-12-. The minimum absolute atomic E-state index is 0.228. The van der Waals surface area contributed by atoms with Crippen molar-refractivity contribution in [2.75, 3.05) is 37.1 Å². The third kappa shape index (κ3) is 5.66. The summed E-state index contributed by atoms with van der Waals surface area (Å²) in [6.45, 7) is 3.46. The number of ether oxygens (including phenoxy) is 2. The Morgan fingerprint density at radius 2 is 1.95 bits per heavy atom. The van der Waals surface area contributed by atoms with Crippen molar-refractivity contribution in [2.24, 2.45) is 5.92 Å². The van der Waals surface area contributed by atoms with Crippen molar-refractivity contribution in [1.82, 2.24) is 25.6 Å². The Morgan fingerprint density at radius 1 is 1.10 bits per heavy atom. The maximum absolute atomic E-state index is 11.8. The first-order valence-electron chi connectivity index (χ1n) is 12.7. The molecule has 2 aromatic heterocycles. The first-order chi connectivity index (χ1) is 19.0. The first-order valence-corrected chi connectivity index (χ1v) is 13.5. The number of benzene rings is 1. The van der Waals surface area contributed by atoms with Crippen LogP contribution in [-0.4, -0.2) is 52.5 Å². The number of fused-ring (bicyclic) bond motifs is 1. The fourth-order valence-corrected chi connectivity index (χ4v) is 5.50. The quantitative estimate of drug-likeness (QED) is 0.376. The third-order valence-corrected chi connectivity index (χ3v) is 7.69. The molecule has 0 aliphatic carbocycles. The summed E-state index contributed by atoms with van der Waals surface area (Å²) in [6, 6.07) is 11.4. The minimum atomic E-state index is -0.392. The normalized spacial score (nSPS) is 18.2.